The van der Waals surface area contributed by atoms with Gasteiger partial charge in [0, 0.05) is 25.9 Å². The van der Waals surface area contributed by atoms with E-state index in [2.05, 4.69) is 17.1 Å². The van der Waals surface area contributed by atoms with Crippen LogP contribution < -0.4 is 5.73 Å². The molecule has 1 heterocycles. The van der Waals surface area contributed by atoms with Crippen molar-refractivity contribution in [1.29, 1.82) is 0 Å². The lowest BCUT2D eigenvalue weighted by Crippen LogP contribution is -2.31. The summed E-state index contributed by atoms with van der Waals surface area (Å²) in [6.45, 7) is 0. The number of aromatic nitrogens is 1. The average molecular weight is 431 g/mol. The van der Waals surface area contributed by atoms with E-state index in [-0.39, 0.29) is 0 Å². The van der Waals surface area contributed by atoms with Crippen LogP contribution in [0, 0.1) is 5.82 Å². The Kier molecular flexibility index (Phi) is 6.30. The highest BCUT2D eigenvalue weighted by Crippen LogP contribution is 2.41. The van der Waals surface area contributed by atoms with Crippen LogP contribution in [-0.4, -0.2) is 36.2 Å². The molecule has 5 nitrogen and oxygen atoms in total. The number of aliphatic imine (C=N–C) groups is 1. The van der Waals surface area contributed by atoms with Gasteiger partial charge in [-0.2, -0.15) is 0 Å². The molecule has 1 aromatic heterocycles. The summed E-state index contributed by atoms with van der Waals surface area (Å²) in [5.74, 6) is 0.0613. The first-order chi connectivity index (χ1) is 15.5. The maximum absolute atomic E-state index is 13.7. The second kappa shape index (κ2) is 9.30. The van der Waals surface area contributed by atoms with Crippen molar-refractivity contribution < 1.29 is 9.18 Å². The first-order valence-corrected chi connectivity index (χ1v) is 10.7. The number of pyridine rings is 1. The van der Waals surface area contributed by atoms with Crippen LogP contribution in [0.4, 0.5) is 4.39 Å². The first kappa shape index (κ1) is 21.7. The van der Waals surface area contributed by atoms with Gasteiger partial charge in [0.05, 0.1) is 18.2 Å². The van der Waals surface area contributed by atoms with Crippen LogP contribution in [0.3, 0.4) is 0 Å². The van der Waals surface area contributed by atoms with Crippen LogP contribution in [-0.2, 0) is 4.79 Å². The standard InChI is InChI=1S/C26H27FN4O/c1-31(2)26(28)30-25(24(16-32)19-10-8-18(9-11-19)17-6-7-17)21-5-3-4-20(12-21)22-13-23(27)15-29-14-22/h3-5,8-17,24-25H,6-7H2,1-2H3,(H2,28,30). The lowest BCUT2D eigenvalue weighted by Gasteiger charge is -2.23. The second-order valence-corrected chi connectivity index (χ2v) is 8.45. The fourth-order valence-electron chi connectivity index (χ4n) is 3.83. The number of hydrogen-bond acceptors (Lipinski definition) is 3. The topological polar surface area (TPSA) is 71.6 Å². The average Bonchev–Trinajstić information content (AvgIpc) is 3.65. The summed E-state index contributed by atoms with van der Waals surface area (Å²) in [5.41, 5.74) is 10.6. The molecule has 0 radical (unpaired) electrons. The van der Waals surface area contributed by atoms with Crippen molar-refractivity contribution in [2.45, 2.75) is 30.7 Å². The Morgan fingerprint density at radius 3 is 2.47 bits per heavy atom. The van der Waals surface area contributed by atoms with Gasteiger partial charge in [-0.1, -0.05) is 42.5 Å². The van der Waals surface area contributed by atoms with Crippen LogP contribution in [0.15, 0.2) is 72.0 Å². The molecule has 2 atom stereocenters. The number of guanidine groups is 1. The van der Waals surface area contributed by atoms with E-state index in [9.17, 15) is 9.18 Å². The van der Waals surface area contributed by atoms with E-state index in [1.54, 1.807) is 11.1 Å². The van der Waals surface area contributed by atoms with Crippen molar-refractivity contribution in [3.05, 3.63) is 89.5 Å². The maximum atomic E-state index is 13.7. The van der Waals surface area contributed by atoms with Crippen LogP contribution in [0.2, 0.25) is 0 Å². The van der Waals surface area contributed by atoms with Crippen LogP contribution in [0.5, 0.6) is 0 Å². The summed E-state index contributed by atoms with van der Waals surface area (Å²) < 4.78 is 13.7. The highest BCUT2D eigenvalue weighted by Gasteiger charge is 2.27. The zero-order valence-electron chi connectivity index (χ0n) is 18.3. The van der Waals surface area contributed by atoms with Gasteiger partial charge in [0.15, 0.2) is 5.96 Å². The number of nitrogens with two attached hydrogens (primary N) is 1. The highest BCUT2D eigenvalue weighted by molar-refractivity contribution is 5.78. The summed E-state index contributed by atoms with van der Waals surface area (Å²) >= 11 is 0. The minimum absolute atomic E-state index is 0.328. The number of rotatable bonds is 7. The van der Waals surface area contributed by atoms with E-state index >= 15 is 0 Å². The molecule has 6 heteroatoms. The third-order valence-electron chi connectivity index (χ3n) is 5.85. The minimum atomic E-state index is -0.525. The Bertz CT molecular complexity index is 1120. The second-order valence-electron chi connectivity index (χ2n) is 8.45. The Balaban J connectivity index is 1.75. The summed E-state index contributed by atoms with van der Waals surface area (Å²) in [6, 6.07) is 16.8. The molecule has 2 unspecified atom stereocenters. The van der Waals surface area contributed by atoms with Crippen LogP contribution in [0.1, 0.15) is 47.4 Å². The molecule has 0 saturated heterocycles. The van der Waals surface area contributed by atoms with E-state index in [0.717, 1.165) is 23.0 Å². The number of benzene rings is 2. The smallest absolute Gasteiger partial charge is 0.191 e. The number of nitrogens with zero attached hydrogens (tertiary/aromatic N) is 3. The van der Waals surface area contributed by atoms with Crippen molar-refractivity contribution in [3.8, 4) is 11.1 Å². The molecule has 3 aromatic rings. The molecule has 4 rings (SSSR count). The van der Waals surface area contributed by atoms with E-state index in [0.29, 0.717) is 17.4 Å². The molecule has 1 aliphatic carbocycles. The van der Waals surface area contributed by atoms with Crippen molar-refractivity contribution in [2.24, 2.45) is 10.7 Å². The van der Waals surface area contributed by atoms with Gasteiger partial charge in [-0.25, -0.2) is 9.38 Å². The third kappa shape index (κ3) is 4.85. The minimum Gasteiger partial charge on any atom is -0.370 e. The summed E-state index contributed by atoms with van der Waals surface area (Å²) in [5, 5.41) is 0. The van der Waals surface area contributed by atoms with Gasteiger partial charge in [0.2, 0.25) is 0 Å². The molecular weight excluding hydrogens is 403 g/mol. The van der Waals surface area contributed by atoms with Crippen LogP contribution in [0.25, 0.3) is 11.1 Å². The number of carbonyl (C=O) groups is 1. The SMILES string of the molecule is CN(C)C(N)=NC(c1cccc(-c2cncc(F)c2)c1)C(C=O)c1ccc(C2CC2)cc1. The van der Waals surface area contributed by atoms with E-state index in [1.807, 2.05) is 50.5 Å². The number of aldehydes is 1. The maximum Gasteiger partial charge on any atom is 0.191 e. The molecule has 1 saturated carbocycles. The monoisotopic (exact) mass is 430 g/mol. The van der Waals surface area contributed by atoms with Crippen molar-refractivity contribution in [1.82, 2.24) is 9.88 Å². The summed E-state index contributed by atoms with van der Waals surface area (Å²) in [7, 11) is 3.62. The Morgan fingerprint density at radius 2 is 1.84 bits per heavy atom. The van der Waals surface area contributed by atoms with Crippen LogP contribution >= 0.6 is 0 Å². The van der Waals surface area contributed by atoms with Gasteiger partial charge in [-0.15, -0.1) is 0 Å². The molecule has 2 aromatic carbocycles. The van der Waals surface area contributed by atoms with Gasteiger partial charge in [0.1, 0.15) is 12.1 Å². The van der Waals surface area contributed by atoms with Gasteiger partial charge in [-0.3, -0.25) is 4.98 Å². The van der Waals surface area contributed by atoms with Gasteiger partial charge >= 0.3 is 0 Å². The highest BCUT2D eigenvalue weighted by atomic mass is 19.1. The molecule has 0 amide bonds. The lowest BCUT2D eigenvalue weighted by molar-refractivity contribution is -0.109. The van der Waals surface area contributed by atoms with E-state index in [1.165, 1.54) is 30.7 Å². The predicted octanol–water partition coefficient (Wildman–Crippen LogP) is 4.67. The summed E-state index contributed by atoms with van der Waals surface area (Å²) in [6.07, 6.45) is 6.17. The molecule has 1 aliphatic rings. The molecule has 32 heavy (non-hydrogen) atoms. The Hall–Kier alpha value is -3.54. The fourth-order valence-corrected chi connectivity index (χ4v) is 3.83. The molecule has 0 bridgehead atoms. The zero-order chi connectivity index (χ0) is 22.7. The number of halogens is 1. The summed E-state index contributed by atoms with van der Waals surface area (Å²) in [4.78, 5) is 22.7. The Labute approximate surface area is 187 Å². The molecule has 0 spiro atoms. The fraction of sp³-hybridized carbons (Fsp3) is 0.269. The molecule has 164 valence electrons. The van der Waals surface area contributed by atoms with E-state index < -0.39 is 17.8 Å². The third-order valence-corrected chi connectivity index (χ3v) is 5.85. The number of carbonyl (C=O) groups excluding carboxylic acids is 1. The Morgan fingerprint density at radius 1 is 1.09 bits per heavy atom. The molecule has 0 aliphatic heterocycles. The van der Waals surface area contributed by atoms with Gasteiger partial charge < -0.3 is 15.4 Å². The van der Waals surface area contributed by atoms with Crippen molar-refractivity contribution >= 4 is 12.2 Å². The lowest BCUT2D eigenvalue weighted by atomic mass is 9.87. The van der Waals surface area contributed by atoms with Gasteiger partial charge in [-0.05, 0) is 53.1 Å². The zero-order valence-corrected chi connectivity index (χ0v) is 18.3. The van der Waals surface area contributed by atoms with Crippen molar-refractivity contribution in [3.63, 3.8) is 0 Å². The van der Waals surface area contributed by atoms with E-state index in [4.69, 9.17) is 10.7 Å². The molecule has 2 N–H and O–H groups in total. The van der Waals surface area contributed by atoms with Crippen molar-refractivity contribution in [2.75, 3.05) is 14.1 Å². The first-order valence-electron chi connectivity index (χ1n) is 10.7. The van der Waals surface area contributed by atoms with Gasteiger partial charge in [0.25, 0.3) is 0 Å². The quantitative estimate of drug-likeness (QED) is 0.336. The molecule has 1 fully saturated rings. The largest absolute Gasteiger partial charge is 0.370 e. The predicted molar refractivity (Wildman–Crippen MR) is 125 cm³/mol. The molecular formula is C26H27FN4O. The number of hydrogen-bond donors (Lipinski definition) is 1. The normalized spacial score (nSPS) is 15.8.